The first-order valence-corrected chi connectivity index (χ1v) is 7.84. The maximum absolute atomic E-state index is 5.72. The molecule has 5 unspecified atom stereocenters. The lowest BCUT2D eigenvalue weighted by Crippen LogP contribution is -2.51. The van der Waals surface area contributed by atoms with E-state index in [1.165, 1.54) is 38.6 Å². The molecule has 0 bridgehead atoms. The minimum atomic E-state index is 0.407. The Balaban J connectivity index is 1.53. The maximum atomic E-state index is 5.72. The molecule has 3 fully saturated rings. The molecule has 2 aliphatic heterocycles. The van der Waals surface area contributed by atoms with Crippen LogP contribution >= 0.6 is 0 Å². The van der Waals surface area contributed by atoms with Gasteiger partial charge >= 0.3 is 0 Å². The van der Waals surface area contributed by atoms with Crippen LogP contribution in [0.5, 0.6) is 0 Å². The van der Waals surface area contributed by atoms with Gasteiger partial charge in [-0.25, -0.2) is 0 Å². The number of hydrogen-bond donors (Lipinski definition) is 1. The molecule has 3 nitrogen and oxygen atoms in total. The SMILES string of the molecule is CC1CN(CC2CC3CCCCC3N2)C(C)CO1. The number of nitrogens with one attached hydrogen (secondary N) is 1. The first-order chi connectivity index (χ1) is 8.72. The normalized spacial score (nSPS) is 46.0. The van der Waals surface area contributed by atoms with Gasteiger partial charge in [-0.2, -0.15) is 0 Å². The van der Waals surface area contributed by atoms with E-state index in [2.05, 4.69) is 24.1 Å². The second kappa shape index (κ2) is 5.48. The molecule has 1 aliphatic carbocycles. The van der Waals surface area contributed by atoms with Gasteiger partial charge in [-0.3, -0.25) is 4.90 Å². The third kappa shape index (κ3) is 2.73. The van der Waals surface area contributed by atoms with Gasteiger partial charge in [-0.05, 0) is 39.0 Å². The van der Waals surface area contributed by atoms with E-state index in [1.54, 1.807) is 0 Å². The molecule has 2 heterocycles. The van der Waals surface area contributed by atoms with Crippen molar-refractivity contribution in [1.29, 1.82) is 0 Å². The summed E-state index contributed by atoms with van der Waals surface area (Å²) in [5.41, 5.74) is 0. The van der Waals surface area contributed by atoms with Crippen molar-refractivity contribution < 1.29 is 4.74 Å². The smallest absolute Gasteiger partial charge is 0.0674 e. The lowest BCUT2D eigenvalue weighted by atomic mass is 9.85. The summed E-state index contributed by atoms with van der Waals surface area (Å²) in [5, 5.41) is 3.89. The molecule has 1 saturated carbocycles. The largest absolute Gasteiger partial charge is 0.376 e. The molecule has 3 aliphatic rings. The lowest BCUT2D eigenvalue weighted by Gasteiger charge is -2.38. The standard InChI is InChI=1S/C15H28N2O/c1-11-10-18-12(2)8-17(11)9-14-7-13-5-3-4-6-15(13)16-14/h11-16H,3-10H2,1-2H3. The average molecular weight is 252 g/mol. The minimum Gasteiger partial charge on any atom is -0.376 e. The van der Waals surface area contributed by atoms with E-state index in [1.807, 2.05) is 0 Å². The van der Waals surface area contributed by atoms with Crippen LogP contribution in [0.25, 0.3) is 0 Å². The fraction of sp³-hybridized carbons (Fsp3) is 1.00. The second-order valence-electron chi connectivity index (χ2n) is 6.70. The molecule has 0 radical (unpaired) electrons. The summed E-state index contributed by atoms with van der Waals surface area (Å²) < 4.78 is 5.72. The van der Waals surface area contributed by atoms with E-state index < -0.39 is 0 Å². The Morgan fingerprint density at radius 1 is 1.22 bits per heavy atom. The highest BCUT2D eigenvalue weighted by Crippen LogP contribution is 2.33. The van der Waals surface area contributed by atoms with Gasteiger partial charge in [0, 0.05) is 31.2 Å². The monoisotopic (exact) mass is 252 g/mol. The zero-order chi connectivity index (χ0) is 12.5. The van der Waals surface area contributed by atoms with Crippen molar-refractivity contribution >= 4 is 0 Å². The van der Waals surface area contributed by atoms with Crippen LogP contribution in [0.4, 0.5) is 0 Å². The Hall–Kier alpha value is -0.120. The highest BCUT2D eigenvalue weighted by Gasteiger charge is 2.36. The number of ether oxygens (including phenoxy) is 1. The first-order valence-electron chi connectivity index (χ1n) is 7.84. The zero-order valence-corrected chi connectivity index (χ0v) is 11.9. The van der Waals surface area contributed by atoms with Gasteiger partial charge in [0.15, 0.2) is 0 Å². The molecule has 0 aromatic carbocycles. The number of rotatable bonds is 2. The van der Waals surface area contributed by atoms with E-state index in [-0.39, 0.29) is 0 Å². The quantitative estimate of drug-likeness (QED) is 0.814. The molecule has 0 amide bonds. The number of hydrogen-bond acceptors (Lipinski definition) is 3. The van der Waals surface area contributed by atoms with Crippen molar-refractivity contribution in [1.82, 2.24) is 10.2 Å². The van der Waals surface area contributed by atoms with Gasteiger partial charge in [-0.15, -0.1) is 0 Å². The van der Waals surface area contributed by atoms with Crippen LogP contribution in [0.15, 0.2) is 0 Å². The number of nitrogens with zero attached hydrogens (tertiary/aromatic N) is 1. The summed E-state index contributed by atoms with van der Waals surface area (Å²) in [6.45, 7) is 7.73. The van der Waals surface area contributed by atoms with Gasteiger partial charge in [0.05, 0.1) is 12.7 Å². The van der Waals surface area contributed by atoms with Crippen molar-refractivity contribution in [3.8, 4) is 0 Å². The van der Waals surface area contributed by atoms with Crippen molar-refractivity contribution in [2.24, 2.45) is 5.92 Å². The molecule has 0 aromatic rings. The molecule has 18 heavy (non-hydrogen) atoms. The molecular formula is C15H28N2O. The third-order valence-electron chi connectivity index (χ3n) is 5.14. The summed E-state index contributed by atoms with van der Waals surface area (Å²) in [5.74, 6) is 0.970. The summed E-state index contributed by atoms with van der Waals surface area (Å²) >= 11 is 0. The lowest BCUT2D eigenvalue weighted by molar-refractivity contribution is -0.0516. The van der Waals surface area contributed by atoms with Crippen LogP contribution in [0.2, 0.25) is 0 Å². The molecule has 0 aromatic heterocycles. The van der Waals surface area contributed by atoms with Crippen LogP contribution in [-0.4, -0.2) is 48.8 Å². The van der Waals surface area contributed by atoms with E-state index in [0.717, 1.165) is 31.2 Å². The zero-order valence-electron chi connectivity index (χ0n) is 11.9. The van der Waals surface area contributed by atoms with E-state index in [9.17, 15) is 0 Å². The number of fused-ring (bicyclic) bond motifs is 1. The van der Waals surface area contributed by atoms with Gasteiger partial charge in [-0.1, -0.05) is 12.8 Å². The van der Waals surface area contributed by atoms with Crippen molar-refractivity contribution in [3.63, 3.8) is 0 Å². The van der Waals surface area contributed by atoms with Gasteiger partial charge in [0.1, 0.15) is 0 Å². The molecule has 2 saturated heterocycles. The van der Waals surface area contributed by atoms with Gasteiger partial charge in [0.25, 0.3) is 0 Å². The first kappa shape index (κ1) is 12.9. The minimum absolute atomic E-state index is 0.407. The van der Waals surface area contributed by atoms with Crippen LogP contribution < -0.4 is 5.32 Å². The highest BCUT2D eigenvalue weighted by molar-refractivity contribution is 4.94. The second-order valence-corrected chi connectivity index (χ2v) is 6.70. The topological polar surface area (TPSA) is 24.5 Å². The number of morpholine rings is 1. The maximum Gasteiger partial charge on any atom is 0.0674 e. The van der Waals surface area contributed by atoms with Crippen LogP contribution in [-0.2, 0) is 4.74 Å². The molecule has 1 N–H and O–H groups in total. The highest BCUT2D eigenvalue weighted by atomic mass is 16.5. The van der Waals surface area contributed by atoms with Crippen molar-refractivity contribution in [3.05, 3.63) is 0 Å². The van der Waals surface area contributed by atoms with E-state index in [0.29, 0.717) is 12.1 Å². The molecule has 5 atom stereocenters. The molecule has 3 heteroatoms. The van der Waals surface area contributed by atoms with Gasteiger partial charge in [0.2, 0.25) is 0 Å². The Labute approximate surface area is 111 Å². The third-order valence-corrected chi connectivity index (χ3v) is 5.14. The van der Waals surface area contributed by atoms with E-state index >= 15 is 0 Å². The predicted octanol–water partition coefficient (Wildman–Crippen LogP) is 2.02. The fourth-order valence-corrected chi connectivity index (χ4v) is 4.08. The predicted molar refractivity (Wildman–Crippen MR) is 73.7 cm³/mol. The van der Waals surface area contributed by atoms with Crippen molar-refractivity contribution in [2.75, 3.05) is 19.7 Å². The Morgan fingerprint density at radius 2 is 2.06 bits per heavy atom. The summed E-state index contributed by atoms with van der Waals surface area (Å²) in [6, 6.07) is 2.15. The Morgan fingerprint density at radius 3 is 2.89 bits per heavy atom. The molecular weight excluding hydrogens is 224 g/mol. The Kier molecular flexibility index (Phi) is 3.92. The van der Waals surface area contributed by atoms with Crippen LogP contribution in [0, 0.1) is 5.92 Å². The summed E-state index contributed by atoms with van der Waals surface area (Å²) in [6.07, 6.45) is 7.58. The van der Waals surface area contributed by atoms with Gasteiger partial charge < -0.3 is 10.1 Å². The molecule has 0 spiro atoms. The van der Waals surface area contributed by atoms with Crippen LogP contribution in [0.1, 0.15) is 46.0 Å². The average Bonchev–Trinajstić information content (AvgIpc) is 2.76. The molecule has 104 valence electrons. The molecule has 3 rings (SSSR count). The summed E-state index contributed by atoms with van der Waals surface area (Å²) in [7, 11) is 0. The van der Waals surface area contributed by atoms with Crippen LogP contribution in [0.3, 0.4) is 0 Å². The van der Waals surface area contributed by atoms with E-state index in [4.69, 9.17) is 4.74 Å². The van der Waals surface area contributed by atoms with Crippen molar-refractivity contribution in [2.45, 2.75) is 70.2 Å². The summed E-state index contributed by atoms with van der Waals surface area (Å²) in [4.78, 5) is 2.63. The Bertz CT molecular complexity index is 270. The fourth-order valence-electron chi connectivity index (χ4n) is 4.08.